The molecule has 0 saturated carbocycles. The number of piperidine rings is 1. The second-order valence-electron chi connectivity index (χ2n) is 4.23. The summed E-state index contributed by atoms with van der Waals surface area (Å²) in [5.74, 6) is 1.59. The van der Waals surface area contributed by atoms with Gasteiger partial charge in [0.2, 0.25) is 0 Å². The normalized spacial score (nSPS) is 21.1. The number of aromatic amines is 1. The standard InChI is InChI=1S/C11H16IN3O/c1-2-8-4-3-5-15(6-8)10-9(12)11(16)14-7-13-10/h7-8H,2-6H2,1H3,(H,13,14,16). The van der Waals surface area contributed by atoms with Crippen molar-refractivity contribution in [3.05, 3.63) is 20.3 Å². The van der Waals surface area contributed by atoms with E-state index in [1.165, 1.54) is 25.6 Å². The van der Waals surface area contributed by atoms with Crippen LogP contribution in [0.5, 0.6) is 0 Å². The smallest absolute Gasteiger partial charge is 0.266 e. The lowest BCUT2D eigenvalue weighted by atomic mass is 9.96. The summed E-state index contributed by atoms with van der Waals surface area (Å²) in [4.78, 5) is 20.6. The average Bonchev–Trinajstić information content (AvgIpc) is 2.33. The molecule has 1 aromatic heterocycles. The Labute approximate surface area is 109 Å². The second-order valence-corrected chi connectivity index (χ2v) is 5.31. The van der Waals surface area contributed by atoms with E-state index in [4.69, 9.17) is 0 Å². The van der Waals surface area contributed by atoms with E-state index < -0.39 is 0 Å². The Morgan fingerprint density at radius 3 is 3.25 bits per heavy atom. The summed E-state index contributed by atoms with van der Waals surface area (Å²) in [7, 11) is 0. The van der Waals surface area contributed by atoms with Gasteiger partial charge in [-0.25, -0.2) is 4.98 Å². The highest BCUT2D eigenvalue weighted by Gasteiger charge is 2.21. The fraction of sp³-hybridized carbons (Fsp3) is 0.636. The van der Waals surface area contributed by atoms with Gasteiger partial charge in [0, 0.05) is 13.1 Å². The molecule has 0 spiro atoms. The molecule has 88 valence electrons. The Kier molecular flexibility index (Phi) is 3.83. The Morgan fingerprint density at radius 1 is 1.69 bits per heavy atom. The molecule has 1 N–H and O–H groups in total. The van der Waals surface area contributed by atoms with Gasteiger partial charge in [-0.05, 0) is 41.4 Å². The topological polar surface area (TPSA) is 49.0 Å². The number of anilines is 1. The van der Waals surface area contributed by atoms with Crippen molar-refractivity contribution in [2.45, 2.75) is 26.2 Å². The maximum Gasteiger partial charge on any atom is 0.266 e. The number of halogens is 1. The monoisotopic (exact) mass is 333 g/mol. The molecule has 0 aliphatic carbocycles. The molecule has 1 atom stereocenters. The maximum absolute atomic E-state index is 11.5. The fourth-order valence-corrected chi connectivity index (χ4v) is 2.82. The minimum absolute atomic E-state index is 0.0378. The van der Waals surface area contributed by atoms with Gasteiger partial charge < -0.3 is 9.88 Å². The summed E-state index contributed by atoms with van der Waals surface area (Å²) in [5, 5.41) is 0. The van der Waals surface area contributed by atoms with Crippen LogP contribution in [0.25, 0.3) is 0 Å². The first-order valence-electron chi connectivity index (χ1n) is 5.70. The van der Waals surface area contributed by atoms with Crippen LogP contribution < -0.4 is 10.5 Å². The highest BCUT2D eigenvalue weighted by molar-refractivity contribution is 14.1. The molecule has 4 nitrogen and oxygen atoms in total. The molecule has 16 heavy (non-hydrogen) atoms. The van der Waals surface area contributed by atoms with Crippen molar-refractivity contribution < 1.29 is 0 Å². The van der Waals surface area contributed by atoms with Crippen molar-refractivity contribution in [1.82, 2.24) is 9.97 Å². The van der Waals surface area contributed by atoms with Crippen molar-refractivity contribution in [1.29, 1.82) is 0 Å². The number of hydrogen-bond donors (Lipinski definition) is 1. The van der Waals surface area contributed by atoms with Crippen LogP contribution >= 0.6 is 22.6 Å². The third-order valence-corrected chi connectivity index (χ3v) is 4.15. The van der Waals surface area contributed by atoms with Crippen molar-refractivity contribution in [2.24, 2.45) is 5.92 Å². The molecule has 0 amide bonds. The van der Waals surface area contributed by atoms with Gasteiger partial charge in [-0.3, -0.25) is 4.79 Å². The van der Waals surface area contributed by atoms with Gasteiger partial charge in [0.15, 0.2) is 0 Å². The summed E-state index contributed by atoms with van der Waals surface area (Å²) < 4.78 is 0.705. The quantitative estimate of drug-likeness (QED) is 0.843. The van der Waals surface area contributed by atoms with E-state index in [1.807, 2.05) is 0 Å². The lowest BCUT2D eigenvalue weighted by Crippen LogP contribution is -2.37. The summed E-state index contributed by atoms with van der Waals surface area (Å²) in [6.45, 7) is 4.27. The SMILES string of the molecule is CCC1CCCN(c2nc[nH]c(=O)c2I)C1. The fourth-order valence-electron chi connectivity index (χ4n) is 2.18. The van der Waals surface area contributed by atoms with Crippen molar-refractivity contribution in [3.8, 4) is 0 Å². The molecular formula is C11H16IN3O. The Hall–Kier alpha value is -0.590. The van der Waals surface area contributed by atoms with Crippen LogP contribution in [0.2, 0.25) is 0 Å². The molecule has 5 heteroatoms. The van der Waals surface area contributed by atoms with Crippen molar-refractivity contribution >= 4 is 28.4 Å². The molecule has 2 heterocycles. The van der Waals surface area contributed by atoms with Gasteiger partial charge in [0.25, 0.3) is 5.56 Å². The van der Waals surface area contributed by atoms with Crippen molar-refractivity contribution in [2.75, 3.05) is 18.0 Å². The van der Waals surface area contributed by atoms with E-state index >= 15 is 0 Å². The first-order chi connectivity index (χ1) is 7.72. The highest BCUT2D eigenvalue weighted by atomic mass is 127. The number of nitrogens with zero attached hydrogens (tertiary/aromatic N) is 2. The summed E-state index contributed by atoms with van der Waals surface area (Å²) in [6, 6.07) is 0. The van der Waals surface area contributed by atoms with E-state index in [0.29, 0.717) is 3.57 Å². The lowest BCUT2D eigenvalue weighted by Gasteiger charge is -2.33. The van der Waals surface area contributed by atoms with Crippen LogP contribution in [-0.2, 0) is 0 Å². The van der Waals surface area contributed by atoms with Crippen LogP contribution in [0, 0.1) is 9.49 Å². The minimum Gasteiger partial charge on any atom is -0.355 e. The first kappa shape index (κ1) is 11.9. The van der Waals surface area contributed by atoms with E-state index in [9.17, 15) is 4.79 Å². The molecule has 0 bridgehead atoms. The predicted octanol–water partition coefficient (Wildman–Crippen LogP) is 2.00. The third kappa shape index (κ3) is 2.39. The van der Waals surface area contributed by atoms with E-state index in [0.717, 1.165) is 24.8 Å². The molecular weight excluding hydrogens is 317 g/mol. The van der Waals surface area contributed by atoms with Gasteiger partial charge in [0.05, 0.1) is 6.33 Å². The zero-order valence-electron chi connectivity index (χ0n) is 9.37. The second kappa shape index (κ2) is 5.16. The van der Waals surface area contributed by atoms with Crippen LogP contribution in [0.4, 0.5) is 5.82 Å². The van der Waals surface area contributed by atoms with Gasteiger partial charge in [-0.15, -0.1) is 0 Å². The van der Waals surface area contributed by atoms with Crippen LogP contribution in [-0.4, -0.2) is 23.1 Å². The molecule has 1 aromatic rings. The summed E-state index contributed by atoms with van der Waals surface area (Å²) >= 11 is 2.08. The van der Waals surface area contributed by atoms with Crippen molar-refractivity contribution in [3.63, 3.8) is 0 Å². The van der Waals surface area contributed by atoms with Gasteiger partial charge in [0.1, 0.15) is 9.39 Å². The Balaban J connectivity index is 2.23. The van der Waals surface area contributed by atoms with Crippen LogP contribution in [0.3, 0.4) is 0 Å². The number of rotatable bonds is 2. The number of nitrogens with one attached hydrogen (secondary N) is 1. The molecule has 1 fully saturated rings. The minimum atomic E-state index is -0.0378. The maximum atomic E-state index is 11.5. The zero-order valence-corrected chi connectivity index (χ0v) is 11.5. The molecule has 1 saturated heterocycles. The number of aromatic nitrogens is 2. The summed E-state index contributed by atoms with van der Waals surface area (Å²) in [5.41, 5.74) is -0.0378. The van der Waals surface area contributed by atoms with Gasteiger partial charge in [-0.1, -0.05) is 13.3 Å². The number of hydrogen-bond acceptors (Lipinski definition) is 3. The van der Waals surface area contributed by atoms with Crippen LogP contribution in [0.15, 0.2) is 11.1 Å². The molecule has 0 radical (unpaired) electrons. The highest BCUT2D eigenvalue weighted by Crippen LogP contribution is 2.24. The first-order valence-corrected chi connectivity index (χ1v) is 6.78. The Morgan fingerprint density at radius 2 is 2.50 bits per heavy atom. The lowest BCUT2D eigenvalue weighted by molar-refractivity contribution is 0.402. The summed E-state index contributed by atoms with van der Waals surface area (Å²) in [6.07, 6.45) is 5.20. The zero-order chi connectivity index (χ0) is 11.5. The van der Waals surface area contributed by atoms with Gasteiger partial charge >= 0.3 is 0 Å². The van der Waals surface area contributed by atoms with Gasteiger partial charge in [-0.2, -0.15) is 0 Å². The Bertz CT molecular complexity index is 418. The largest absolute Gasteiger partial charge is 0.355 e. The predicted molar refractivity (Wildman–Crippen MR) is 72.8 cm³/mol. The van der Waals surface area contributed by atoms with E-state index in [2.05, 4.69) is 44.4 Å². The molecule has 1 unspecified atom stereocenters. The molecule has 0 aromatic carbocycles. The van der Waals surface area contributed by atoms with E-state index in [-0.39, 0.29) is 5.56 Å². The molecule has 1 aliphatic rings. The third-order valence-electron chi connectivity index (χ3n) is 3.17. The number of H-pyrrole nitrogens is 1. The average molecular weight is 333 g/mol. The van der Waals surface area contributed by atoms with E-state index in [1.54, 1.807) is 0 Å². The molecule has 1 aliphatic heterocycles. The van der Waals surface area contributed by atoms with Crippen LogP contribution in [0.1, 0.15) is 26.2 Å². The molecule has 2 rings (SSSR count).